The molecule has 22 heavy (non-hydrogen) atoms. The van der Waals surface area contributed by atoms with Crippen LogP contribution in [0.5, 0.6) is 5.75 Å². The van der Waals surface area contributed by atoms with Crippen molar-refractivity contribution >= 4 is 28.8 Å². The van der Waals surface area contributed by atoms with Crippen LogP contribution in [0.25, 0.3) is 0 Å². The summed E-state index contributed by atoms with van der Waals surface area (Å²) in [4.78, 5) is 13.3. The Bertz CT molecular complexity index is 626. The molecule has 1 amide bonds. The lowest BCUT2D eigenvalue weighted by Crippen LogP contribution is -2.34. The Balaban J connectivity index is 1.94. The molecular formula is C17H20ClNO2S. The molecular weight excluding hydrogens is 318 g/mol. The number of hydrogen-bond donors (Lipinski definition) is 1. The maximum Gasteiger partial charge on any atom is 0.258 e. The summed E-state index contributed by atoms with van der Waals surface area (Å²) >= 11 is 7.56. The Morgan fingerprint density at radius 1 is 1.36 bits per heavy atom. The van der Waals surface area contributed by atoms with Crippen molar-refractivity contribution in [2.45, 2.75) is 26.8 Å². The van der Waals surface area contributed by atoms with Crippen LogP contribution in [-0.4, -0.2) is 12.5 Å². The summed E-state index contributed by atoms with van der Waals surface area (Å²) in [5.41, 5.74) is 0.916. The molecule has 0 saturated carbocycles. The Morgan fingerprint density at radius 2 is 2.14 bits per heavy atom. The highest BCUT2D eigenvalue weighted by Gasteiger charge is 2.19. The van der Waals surface area contributed by atoms with E-state index in [1.807, 2.05) is 30.5 Å². The fourth-order valence-electron chi connectivity index (χ4n) is 2.17. The number of benzene rings is 1. The smallest absolute Gasteiger partial charge is 0.258 e. The van der Waals surface area contributed by atoms with Crippen molar-refractivity contribution in [3.8, 4) is 5.75 Å². The molecule has 5 heteroatoms. The molecule has 2 aromatic rings. The van der Waals surface area contributed by atoms with Crippen molar-refractivity contribution in [1.29, 1.82) is 0 Å². The first-order valence-corrected chi connectivity index (χ1v) is 8.45. The van der Waals surface area contributed by atoms with Gasteiger partial charge in [0, 0.05) is 9.90 Å². The van der Waals surface area contributed by atoms with Gasteiger partial charge in [-0.2, -0.15) is 0 Å². The van der Waals surface area contributed by atoms with Crippen LogP contribution in [0.4, 0.5) is 0 Å². The van der Waals surface area contributed by atoms with E-state index < -0.39 is 0 Å². The second kappa shape index (κ2) is 7.65. The van der Waals surface area contributed by atoms with Crippen molar-refractivity contribution in [2.24, 2.45) is 5.92 Å². The third-order valence-corrected chi connectivity index (χ3v) is 4.52. The van der Waals surface area contributed by atoms with Crippen LogP contribution in [0.3, 0.4) is 0 Å². The highest BCUT2D eigenvalue weighted by Crippen LogP contribution is 2.26. The Hall–Kier alpha value is -1.52. The first-order chi connectivity index (χ1) is 10.5. The van der Waals surface area contributed by atoms with Gasteiger partial charge in [0.15, 0.2) is 6.61 Å². The lowest BCUT2D eigenvalue weighted by molar-refractivity contribution is -0.124. The number of ether oxygens (including phenoxy) is 1. The fraction of sp³-hybridized carbons (Fsp3) is 0.353. The van der Waals surface area contributed by atoms with E-state index in [2.05, 4.69) is 19.2 Å². The van der Waals surface area contributed by atoms with Gasteiger partial charge in [-0.3, -0.25) is 4.79 Å². The van der Waals surface area contributed by atoms with Gasteiger partial charge in [0.1, 0.15) is 5.75 Å². The summed E-state index contributed by atoms with van der Waals surface area (Å²) in [5.74, 6) is 0.873. The van der Waals surface area contributed by atoms with Gasteiger partial charge in [0.2, 0.25) is 0 Å². The number of carbonyl (C=O) groups excluding carboxylic acids is 1. The zero-order valence-corrected chi connectivity index (χ0v) is 14.5. The minimum Gasteiger partial charge on any atom is -0.484 e. The van der Waals surface area contributed by atoms with Gasteiger partial charge in [-0.25, -0.2) is 0 Å². The molecule has 0 fully saturated rings. The third-order valence-electron chi connectivity index (χ3n) is 3.33. The molecule has 0 saturated heterocycles. The average molecular weight is 338 g/mol. The summed E-state index contributed by atoms with van der Waals surface area (Å²) in [7, 11) is 0. The maximum absolute atomic E-state index is 12.1. The van der Waals surface area contributed by atoms with E-state index in [1.165, 1.54) is 0 Å². The number of hydrogen-bond acceptors (Lipinski definition) is 3. The molecule has 0 aliphatic rings. The normalized spacial score (nSPS) is 12.2. The van der Waals surface area contributed by atoms with E-state index in [-0.39, 0.29) is 18.6 Å². The number of nitrogens with one attached hydrogen (secondary N) is 1. The molecule has 1 aromatic carbocycles. The number of rotatable bonds is 6. The van der Waals surface area contributed by atoms with Crippen LogP contribution in [0.2, 0.25) is 5.02 Å². The topological polar surface area (TPSA) is 38.3 Å². The third kappa shape index (κ3) is 4.49. The molecule has 3 nitrogen and oxygen atoms in total. The predicted molar refractivity (Wildman–Crippen MR) is 91.7 cm³/mol. The fourth-order valence-corrected chi connectivity index (χ4v) is 3.34. The molecule has 0 aliphatic heterocycles. The first-order valence-electron chi connectivity index (χ1n) is 7.19. The van der Waals surface area contributed by atoms with E-state index in [0.717, 1.165) is 10.4 Å². The van der Waals surface area contributed by atoms with Crippen molar-refractivity contribution < 1.29 is 9.53 Å². The van der Waals surface area contributed by atoms with Crippen molar-refractivity contribution in [2.75, 3.05) is 6.61 Å². The largest absolute Gasteiger partial charge is 0.484 e. The number of aryl methyl sites for hydroxylation is 1. The van der Waals surface area contributed by atoms with Crippen LogP contribution in [0.1, 0.15) is 30.3 Å². The van der Waals surface area contributed by atoms with Gasteiger partial charge >= 0.3 is 0 Å². The van der Waals surface area contributed by atoms with Crippen molar-refractivity contribution in [3.05, 3.63) is 51.2 Å². The molecule has 118 valence electrons. The summed E-state index contributed by atoms with van der Waals surface area (Å²) in [6.45, 7) is 6.09. The van der Waals surface area contributed by atoms with Crippen molar-refractivity contribution in [1.82, 2.24) is 5.32 Å². The lowest BCUT2D eigenvalue weighted by Gasteiger charge is -2.21. The van der Waals surface area contributed by atoms with Gasteiger partial charge < -0.3 is 10.1 Å². The van der Waals surface area contributed by atoms with E-state index >= 15 is 0 Å². The lowest BCUT2D eigenvalue weighted by atomic mass is 10.0. The molecule has 1 heterocycles. The molecule has 0 bridgehead atoms. The summed E-state index contributed by atoms with van der Waals surface area (Å²) in [6.07, 6.45) is 0. The Morgan fingerprint density at radius 3 is 2.73 bits per heavy atom. The summed E-state index contributed by atoms with van der Waals surface area (Å²) < 4.78 is 5.58. The average Bonchev–Trinajstić information content (AvgIpc) is 2.97. The molecule has 1 atom stereocenters. The zero-order chi connectivity index (χ0) is 16.1. The molecule has 2 rings (SSSR count). The Kier molecular flexibility index (Phi) is 5.86. The van der Waals surface area contributed by atoms with Gasteiger partial charge in [-0.05, 0) is 48.1 Å². The van der Waals surface area contributed by atoms with E-state index in [0.29, 0.717) is 16.7 Å². The number of carbonyl (C=O) groups is 1. The number of halogens is 1. The predicted octanol–water partition coefficient (Wildman–Crippen LogP) is 4.60. The molecule has 1 N–H and O–H groups in total. The SMILES string of the molecule is Cc1cc(Cl)ccc1OCC(=O)N[C@H](c1cccs1)C(C)C. The minimum absolute atomic E-state index is 0.00291. The molecule has 1 aromatic heterocycles. The second-order valence-corrected chi connectivity index (χ2v) is 6.92. The van der Waals surface area contributed by atoms with Crippen LogP contribution in [0.15, 0.2) is 35.7 Å². The van der Waals surface area contributed by atoms with Gasteiger partial charge in [0.25, 0.3) is 5.91 Å². The second-order valence-electron chi connectivity index (χ2n) is 5.50. The highest BCUT2D eigenvalue weighted by atomic mass is 35.5. The van der Waals surface area contributed by atoms with Gasteiger partial charge in [0.05, 0.1) is 6.04 Å². The summed E-state index contributed by atoms with van der Waals surface area (Å²) in [6, 6.07) is 9.41. The Labute approximate surface area is 140 Å². The van der Waals surface area contributed by atoms with E-state index in [4.69, 9.17) is 16.3 Å². The zero-order valence-electron chi connectivity index (χ0n) is 12.9. The van der Waals surface area contributed by atoms with Crippen LogP contribution in [0, 0.1) is 12.8 Å². The monoisotopic (exact) mass is 337 g/mol. The molecule has 0 aliphatic carbocycles. The molecule has 0 radical (unpaired) electrons. The van der Waals surface area contributed by atoms with Crippen LogP contribution >= 0.6 is 22.9 Å². The van der Waals surface area contributed by atoms with Gasteiger partial charge in [-0.15, -0.1) is 11.3 Å². The molecule has 0 unspecified atom stereocenters. The minimum atomic E-state index is -0.124. The number of thiophene rings is 1. The van der Waals surface area contributed by atoms with Crippen LogP contribution < -0.4 is 10.1 Å². The summed E-state index contributed by atoms with van der Waals surface area (Å²) in [5, 5.41) is 5.72. The highest BCUT2D eigenvalue weighted by molar-refractivity contribution is 7.10. The van der Waals surface area contributed by atoms with E-state index in [1.54, 1.807) is 23.5 Å². The van der Waals surface area contributed by atoms with Crippen molar-refractivity contribution in [3.63, 3.8) is 0 Å². The van der Waals surface area contributed by atoms with Crippen LogP contribution in [-0.2, 0) is 4.79 Å². The van der Waals surface area contributed by atoms with Gasteiger partial charge in [-0.1, -0.05) is 31.5 Å². The van der Waals surface area contributed by atoms with E-state index in [9.17, 15) is 4.79 Å². The number of amides is 1. The first kappa shape index (κ1) is 16.8. The quantitative estimate of drug-likeness (QED) is 0.836. The maximum atomic E-state index is 12.1. The standard InChI is InChI=1S/C17H20ClNO2S/c1-11(2)17(15-5-4-8-22-15)19-16(20)10-21-14-7-6-13(18)9-12(14)3/h4-9,11,17H,10H2,1-3H3,(H,19,20)/t17-/m0/s1. The molecule has 0 spiro atoms.